The fraction of sp³-hybridized carbons (Fsp3) is 0.276. The Morgan fingerprint density at radius 3 is 2.30 bits per heavy atom. The second-order valence-electron chi connectivity index (χ2n) is 8.60. The molecular formula is C29H29ClF2O5. The third kappa shape index (κ3) is 7.23. The zero-order chi connectivity index (χ0) is 27.1. The molecule has 37 heavy (non-hydrogen) atoms. The molecule has 0 amide bonds. The second kappa shape index (κ2) is 12.6. The number of halogens is 3. The molecule has 5 nitrogen and oxygen atoms in total. The van der Waals surface area contributed by atoms with Crippen LogP contribution in [0, 0.1) is 6.92 Å². The third-order valence-electron chi connectivity index (χ3n) is 5.69. The van der Waals surface area contributed by atoms with Crippen molar-refractivity contribution in [1.82, 2.24) is 0 Å². The summed E-state index contributed by atoms with van der Waals surface area (Å²) in [7, 11) is 2.90. The number of carbonyl (C=O) groups excluding carboxylic acids is 1. The molecule has 0 saturated carbocycles. The SMILES string of the molecule is COc1ccc(/C=C/C(=O)c2ccc(OC(F)F)c(OC)c2)cc1COc1cc(C)c(Cl)cc1C(C)C. The Hall–Kier alpha value is -3.58. The van der Waals surface area contributed by atoms with Gasteiger partial charge >= 0.3 is 6.61 Å². The minimum atomic E-state index is -3.00. The van der Waals surface area contributed by atoms with Crippen LogP contribution in [0.15, 0.2) is 54.6 Å². The van der Waals surface area contributed by atoms with Gasteiger partial charge in [0.1, 0.15) is 18.1 Å². The lowest BCUT2D eigenvalue weighted by atomic mass is 10.0. The molecule has 0 radical (unpaired) electrons. The summed E-state index contributed by atoms with van der Waals surface area (Å²) < 4.78 is 46.2. The maximum absolute atomic E-state index is 12.7. The number of allylic oxidation sites excluding steroid dienone is 1. The first-order valence-electron chi connectivity index (χ1n) is 11.6. The first kappa shape index (κ1) is 28.0. The molecule has 0 bridgehead atoms. The van der Waals surface area contributed by atoms with Crippen molar-refractivity contribution in [1.29, 1.82) is 0 Å². The van der Waals surface area contributed by atoms with Crippen LogP contribution in [0.5, 0.6) is 23.0 Å². The van der Waals surface area contributed by atoms with Gasteiger partial charge < -0.3 is 18.9 Å². The zero-order valence-corrected chi connectivity index (χ0v) is 22.1. The van der Waals surface area contributed by atoms with Gasteiger partial charge in [0.05, 0.1) is 14.2 Å². The summed E-state index contributed by atoms with van der Waals surface area (Å²) >= 11 is 6.31. The lowest BCUT2D eigenvalue weighted by molar-refractivity contribution is -0.0512. The summed E-state index contributed by atoms with van der Waals surface area (Å²) in [5, 5.41) is 0.694. The van der Waals surface area contributed by atoms with Gasteiger partial charge in [-0.05, 0) is 78.1 Å². The van der Waals surface area contributed by atoms with Crippen LogP contribution in [-0.4, -0.2) is 26.6 Å². The van der Waals surface area contributed by atoms with E-state index in [4.69, 9.17) is 25.8 Å². The summed E-state index contributed by atoms with van der Waals surface area (Å²) in [5.74, 6) is 1.21. The molecule has 3 rings (SSSR count). The number of hydrogen-bond acceptors (Lipinski definition) is 5. The Morgan fingerprint density at radius 1 is 0.946 bits per heavy atom. The molecule has 0 saturated heterocycles. The minimum Gasteiger partial charge on any atom is -0.496 e. The Kier molecular flexibility index (Phi) is 9.53. The molecule has 0 fully saturated rings. The van der Waals surface area contributed by atoms with Crippen LogP contribution in [0.3, 0.4) is 0 Å². The van der Waals surface area contributed by atoms with Gasteiger partial charge in [-0.3, -0.25) is 4.79 Å². The largest absolute Gasteiger partial charge is 0.496 e. The van der Waals surface area contributed by atoms with E-state index in [2.05, 4.69) is 18.6 Å². The number of benzene rings is 3. The maximum Gasteiger partial charge on any atom is 0.387 e. The van der Waals surface area contributed by atoms with E-state index in [9.17, 15) is 13.6 Å². The van der Waals surface area contributed by atoms with Crippen LogP contribution < -0.4 is 18.9 Å². The van der Waals surface area contributed by atoms with Gasteiger partial charge in [-0.15, -0.1) is 0 Å². The van der Waals surface area contributed by atoms with Crippen molar-refractivity contribution in [2.24, 2.45) is 0 Å². The van der Waals surface area contributed by atoms with Crippen LogP contribution >= 0.6 is 11.6 Å². The van der Waals surface area contributed by atoms with Gasteiger partial charge in [0.25, 0.3) is 0 Å². The first-order valence-corrected chi connectivity index (χ1v) is 12.0. The number of hydrogen-bond donors (Lipinski definition) is 0. The normalized spacial score (nSPS) is 11.3. The molecule has 8 heteroatoms. The molecular weight excluding hydrogens is 502 g/mol. The summed E-state index contributed by atoms with van der Waals surface area (Å²) in [6.45, 7) is 3.33. The van der Waals surface area contributed by atoms with Crippen molar-refractivity contribution in [3.8, 4) is 23.0 Å². The van der Waals surface area contributed by atoms with Crippen molar-refractivity contribution in [3.63, 3.8) is 0 Å². The minimum absolute atomic E-state index is 0.0432. The van der Waals surface area contributed by atoms with E-state index >= 15 is 0 Å². The highest BCUT2D eigenvalue weighted by atomic mass is 35.5. The summed E-state index contributed by atoms with van der Waals surface area (Å²) in [4.78, 5) is 12.7. The van der Waals surface area contributed by atoms with Crippen LogP contribution in [0.2, 0.25) is 5.02 Å². The highest BCUT2D eigenvalue weighted by molar-refractivity contribution is 6.31. The van der Waals surface area contributed by atoms with Crippen LogP contribution in [-0.2, 0) is 6.61 Å². The van der Waals surface area contributed by atoms with Crippen molar-refractivity contribution in [2.75, 3.05) is 14.2 Å². The third-order valence-corrected chi connectivity index (χ3v) is 6.10. The number of carbonyl (C=O) groups is 1. The quantitative estimate of drug-likeness (QED) is 0.186. The lowest BCUT2D eigenvalue weighted by Crippen LogP contribution is -2.04. The predicted octanol–water partition coefficient (Wildman–Crippen LogP) is 7.87. The van der Waals surface area contributed by atoms with Crippen molar-refractivity contribution in [3.05, 3.63) is 87.4 Å². The van der Waals surface area contributed by atoms with E-state index in [1.54, 1.807) is 19.3 Å². The topological polar surface area (TPSA) is 54.0 Å². The lowest BCUT2D eigenvalue weighted by Gasteiger charge is -2.17. The monoisotopic (exact) mass is 530 g/mol. The van der Waals surface area contributed by atoms with Crippen LogP contribution in [0.1, 0.15) is 52.4 Å². The number of alkyl halides is 2. The van der Waals surface area contributed by atoms with Crippen LogP contribution in [0.25, 0.3) is 6.08 Å². The van der Waals surface area contributed by atoms with E-state index < -0.39 is 6.61 Å². The van der Waals surface area contributed by atoms with Gasteiger partial charge in [0.2, 0.25) is 0 Å². The average Bonchev–Trinajstić information content (AvgIpc) is 2.87. The van der Waals surface area contributed by atoms with Gasteiger partial charge in [-0.1, -0.05) is 37.6 Å². The molecule has 0 aromatic heterocycles. The van der Waals surface area contributed by atoms with E-state index in [1.165, 1.54) is 31.4 Å². The second-order valence-corrected chi connectivity index (χ2v) is 9.00. The molecule has 0 N–H and O–H groups in total. The number of methoxy groups -OCH3 is 2. The van der Waals surface area contributed by atoms with Gasteiger partial charge in [0.15, 0.2) is 17.3 Å². The highest BCUT2D eigenvalue weighted by Gasteiger charge is 2.15. The standard InChI is InChI=1S/C29H29ClF2O5/c1-17(2)22-15-23(30)18(3)12-27(22)36-16-21-13-19(7-10-25(21)34-4)6-9-24(33)20-8-11-26(37-29(31)32)28(14-20)35-5/h6-15,17,29H,16H2,1-5H3/b9-6+. The van der Waals surface area contributed by atoms with E-state index in [-0.39, 0.29) is 35.4 Å². The molecule has 0 aliphatic heterocycles. The maximum atomic E-state index is 12.7. The van der Waals surface area contributed by atoms with E-state index in [1.807, 2.05) is 31.2 Å². The Morgan fingerprint density at radius 2 is 1.65 bits per heavy atom. The van der Waals surface area contributed by atoms with E-state index in [0.717, 1.165) is 28.0 Å². The molecule has 196 valence electrons. The fourth-order valence-corrected chi connectivity index (χ4v) is 3.87. The molecule has 0 atom stereocenters. The molecule has 0 aliphatic carbocycles. The smallest absolute Gasteiger partial charge is 0.387 e. The molecule has 0 aliphatic rings. The van der Waals surface area contributed by atoms with Crippen molar-refractivity contribution >= 4 is 23.5 Å². The van der Waals surface area contributed by atoms with E-state index in [0.29, 0.717) is 10.8 Å². The Bertz CT molecular complexity index is 1290. The summed E-state index contributed by atoms with van der Waals surface area (Å²) in [6, 6.07) is 13.4. The fourth-order valence-electron chi connectivity index (χ4n) is 3.70. The number of ketones is 1. The predicted molar refractivity (Wildman–Crippen MR) is 141 cm³/mol. The Balaban J connectivity index is 1.80. The zero-order valence-electron chi connectivity index (χ0n) is 21.3. The van der Waals surface area contributed by atoms with Gasteiger partial charge in [-0.25, -0.2) is 0 Å². The Labute approximate surface area is 220 Å². The summed E-state index contributed by atoms with van der Waals surface area (Å²) in [5.41, 5.74) is 3.76. The molecule has 3 aromatic rings. The number of aryl methyl sites for hydroxylation is 1. The number of ether oxygens (including phenoxy) is 4. The van der Waals surface area contributed by atoms with Crippen molar-refractivity contribution in [2.45, 2.75) is 39.9 Å². The molecule has 3 aromatic carbocycles. The van der Waals surface area contributed by atoms with Crippen LogP contribution in [0.4, 0.5) is 8.78 Å². The first-order chi connectivity index (χ1) is 17.6. The summed E-state index contributed by atoms with van der Waals surface area (Å²) in [6.07, 6.45) is 3.06. The van der Waals surface area contributed by atoms with Crippen molar-refractivity contribution < 1.29 is 32.5 Å². The molecule has 0 unspecified atom stereocenters. The molecule has 0 spiro atoms. The van der Waals surface area contributed by atoms with Gasteiger partial charge in [-0.2, -0.15) is 8.78 Å². The van der Waals surface area contributed by atoms with Gasteiger partial charge in [0, 0.05) is 16.1 Å². The molecule has 0 heterocycles. The highest BCUT2D eigenvalue weighted by Crippen LogP contribution is 2.33. The average molecular weight is 531 g/mol. The number of rotatable bonds is 11.